The van der Waals surface area contributed by atoms with Crippen LogP contribution < -0.4 is 5.32 Å². The molecule has 4 heteroatoms. The second-order valence-corrected chi connectivity index (χ2v) is 5.71. The van der Waals surface area contributed by atoms with Gasteiger partial charge in [-0.25, -0.2) is 4.39 Å². The Morgan fingerprint density at radius 1 is 1.15 bits per heavy atom. The van der Waals surface area contributed by atoms with Gasteiger partial charge in [-0.2, -0.15) is 0 Å². The van der Waals surface area contributed by atoms with Crippen LogP contribution in [0.3, 0.4) is 0 Å². The van der Waals surface area contributed by atoms with Gasteiger partial charge in [-0.05, 0) is 48.9 Å². The number of halogens is 1. The van der Waals surface area contributed by atoms with Gasteiger partial charge < -0.3 is 15.5 Å². The molecule has 3 nitrogen and oxygen atoms in total. The maximum absolute atomic E-state index is 12.8. The number of benzene rings is 1. The number of nitrogens with one attached hydrogen (secondary N) is 1. The summed E-state index contributed by atoms with van der Waals surface area (Å²) in [4.78, 5) is 0. The van der Waals surface area contributed by atoms with E-state index < -0.39 is 6.10 Å². The van der Waals surface area contributed by atoms with E-state index in [1.807, 2.05) is 0 Å². The molecule has 3 atom stereocenters. The Balaban J connectivity index is 1.75. The van der Waals surface area contributed by atoms with Gasteiger partial charge in [0.2, 0.25) is 0 Å². The molecule has 0 radical (unpaired) electrons. The molecule has 0 aromatic heterocycles. The molecule has 0 spiro atoms. The fraction of sp³-hybridized carbons (Fsp3) is 0.625. The van der Waals surface area contributed by atoms with Crippen molar-refractivity contribution in [3.05, 3.63) is 35.6 Å². The lowest BCUT2D eigenvalue weighted by Crippen LogP contribution is -2.34. The van der Waals surface area contributed by atoms with E-state index in [4.69, 9.17) is 0 Å². The Bertz CT molecular complexity index is 396. The minimum atomic E-state index is -0.619. The van der Waals surface area contributed by atoms with Crippen molar-refractivity contribution in [2.75, 3.05) is 19.7 Å². The van der Waals surface area contributed by atoms with Crippen molar-refractivity contribution in [2.24, 2.45) is 11.8 Å². The van der Waals surface area contributed by atoms with Gasteiger partial charge in [0.15, 0.2) is 0 Å². The van der Waals surface area contributed by atoms with Crippen LogP contribution in [0.25, 0.3) is 0 Å². The molecule has 0 heterocycles. The van der Waals surface area contributed by atoms with Crippen LogP contribution in [0.4, 0.5) is 4.39 Å². The molecule has 3 unspecified atom stereocenters. The average molecular weight is 281 g/mol. The first-order valence-corrected chi connectivity index (χ1v) is 7.46. The van der Waals surface area contributed by atoms with Gasteiger partial charge in [0.1, 0.15) is 5.82 Å². The lowest BCUT2D eigenvalue weighted by molar-refractivity contribution is 0.125. The van der Waals surface area contributed by atoms with E-state index in [9.17, 15) is 14.6 Å². The Labute approximate surface area is 119 Å². The van der Waals surface area contributed by atoms with E-state index in [-0.39, 0.29) is 12.4 Å². The number of hydrogen-bond acceptors (Lipinski definition) is 3. The molecule has 20 heavy (non-hydrogen) atoms. The maximum Gasteiger partial charge on any atom is 0.123 e. The highest BCUT2D eigenvalue weighted by atomic mass is 19.1. The number of rotatable bonds is 6. The molecule has 0 bridgehead atoms. The number of hydrogen-bond donors (Lipinski definition) is 3. The summed E-state index contributed by atoms with van der Waals surface area (Å²) in [5.41, 5.74) is 0.723. The largest absolute Gasteiger partial charge is 0.396 e. The minimum Gasteiger partial charge on any atom is -0.396 e. The van der Waals surface area contributed by atoms with Gasteiger partial charge in [0.25, 0.3) is 0 Å². The van der Waals surface area contributed by atoms with Gasteiger partial charge in [0.05, 0.1) is 6.10 Å². The summed E-state index contributed by atoms with van der Waals surface area (Å²) < 4.78 is 12.8. The summed E-state index contributed by atoms with van der Waals surface area (Å²) >= 11 is 0. The average Bonchev–Trinajstić information content (AvgIpc) is 2.48. The lowest BCUT2D eigenvalue weighted by atomic mass is 9.79. The predicted molar refractivity (Wildman–Crippen MR) is 76.8 cm³/mol. The molecule has 112 valence electrons. The van der Waals surface area contributed by atoms with E-state index in [1.54, 1.807) is 12.1 Å². The first-order valence-electron chi connectivity index (χ1n) is 7.46. The summed E-state index contributed by atoms with van der Waals surface area (Å²) in [6.45, 7) is 1.54. The summed E-state index contributed by atoms with van der Waals surface area (Å²) in [5.74, 6) is 0.593. The molecule has 0 amide bonds. The zero-order valence-corrected chi connectivity index (χ0v) is 11.8. The Morgan fingerprint density at radius 3 is 2.45 bits per heavy atom. The van der Waals surface area contributed by atoms with E-state index >= 15 is 0 Å². The third-order valence-corrected chi connectivity index (χ3v) is 4.30. The highest BCUT2D eigenvalue weighted by Gasteiger charge is 2.24. The van der Waals surface area contributed by atoms with E-state index in [0.29, 0.717) is 18.4 Å². The van der Waals surface area contributed by atoms with Crippen molar-refractivity contribution in [3.63, 3.8) is 0 Å². The molecule has 0 aliphatic heterocycles. The first-order chi connectivity index (χ1) is 9.70. The van der Waals surface area contributed by atoms with Crippen LogP contribution in [0.2, 0.25) is 0 Å². The van der Waals surface area contributed by atoms with Gasteiger partial charge in [-0.3, -0.25) is 0 Å². The van der Waals surface area contributed by atoms with Crippen molar-refractivity contribution >= 4 is 0 Å². The second kappa shape index (κ2) is 7.72. The van der Waals surface area contributed by atoms with Crippen LogP contribution in [0, 0.1) is 17.7 Å². The zero-order valence-electron chi connectivity index (χ0n) is 11.8. The van der Waals surface area contributed by atoms with Crippen LogP contribution >= 0.6 is 0 Å². The van der Waals surface area contributed by atoms with Crippen LogP contribution in [0.5, 0.6) is 0 Å². The van der Waals surface area contributed by atoms with Crippen LogP contribution in [0.15, 0.2) is 24.3 Å². The van der Waals surface area contributed by atoms with Crippen molar-refractivity contribution in [2.45, 2.75) is 31.8 Å². The standard InChI is InChI=1S/C16H24FNO2/c17-15-7-5-12(6-8-15)16(20)10-18-9-13-3-1-2-4-14(13)11-19/h5-8,13-14,16,18-20H,1-4,9-11H2. The lowest BCUT2D eigenvalue weighted by Gasteiger charge is -2.30. The number of aliphatic hydroxyl groups is 2. The van der Waals surface area contributed by atoms with Gasteiger partial charge in [0, 0.05) is 13.2 Å². The maximum atomic E-state index is 12.8. The van der Waals surface area contributed by atoms with E-state index in [0.717, 1.165) is 24.9 Å². The van der Waals surface area contributed by atoms with Crippen molar-refractivity contribution < 1.29 is 14.6 Å². The fourth-order valence-electron chi connectivity index (χ4n) is 3.00. The molecular formula is C16H24FNO2. The summed E-state index contributed by atoms with van der Waals surface area (Å²) in [5, 5.41) is 22.7. The molecule has 3 N–H and O–H groups in total. The third kappa shape index (κ3) is 4.27. The third-order valence-electron chi connectivity index (χ3n) is 4.30. The molecule has 1 aromatic carbocycles. The Hall–Kier alpha value is -0.970. The molecule has 1 aliphatic carbocycles. The van der Waals surface area contributed by atoms with Gasteiger partial charge in [-0.1, -0.05) is 25.0 Å². The SMILES string of the molecule is OCC1CCCCC1CNCC(O)c1ccc(F)cc1. The molecule has 1 saturated carbocycles. The fourth-order valence-corrected chi connectivity index (χ4v) is 3.00. The van der Waals surface area contributed by atoms with Crippen LogP contribution in [0.1, 0.15) is 37.4 Å². The van der Waals surface area contributed by atoms with Gasteiger partial charge >= 0.3 is 0 Å². The summed E-state index contributed by atoms with van der Waals surface area (Å²) in [6.07, 6.45) is 4.06. The normalized spacial score (nSPS) is 24.6. The molecule has 2 rings (SSSR count). The summed E-state index contributed by atoms with van der Waals surface area (Å²) in [6, 6.07) is 5.95. The predicted octanol–water partition coefficient (Wildman–Crippen LogP) is 2.25. The summed E-state index contributed by atoms with van der Waals surface area (Å²) in [7, 11) is 0. The molecule has 1 aromatic rings. The monoisotopic (exact) mass is 281 g/mol. The first kappa shape index (κ1) is 15.4. The highest BCUT2D eigenvalue weighted by Crippen LogP contribution is 2.29. The highest BCUT2D eigenvalue weighted by molar-refractivity contribution is 5.18. The van der Waals surface area contributed by atoms with Crippen molar-refractivity contribution in [3.8, 4) is 0 Å². The van der Waals surface area contributed by atoms with Crippen LogP contribution in [-0.2, 0) is 0 Å². The van der Waals surface area contributed by atoms with E-state index in [2.05, 4.69) is 5.32 Å². The van der Waals surface area contributed by atoms with Crippen molar-refractivity contribution in [1.82, 2.24) is 5.32 Å². The molecular weight excluding hydrogens is 257 g/mol. The minimum absolute atomic E-state index is 0.257. The smallest absolute Gasteiger partial charge is 0.123 e. The van der Waals surface area contributed by atoms with Crippen LogP contribution in [-0.4, -0.2) is 29.9 Å². The molecule has 1 aliphatic rings. The van der Waals surface area contributed by atoms with Gasteiger partial charge in [-0.15, -0.1) is 0 Å². The number of aliphatic hydroxyl groups excluding tert-OH is 2. The Morgan fingerprint density at radius 2 is 1.80 bits per heavy atom. The quantitative estimate of drug-likeness (QED) is 0.749. The van der Waals surface area contributed by atoms with E-state index in [1.165, 1.54) is 25.0 Å². The molecule has 0 saturated heterocycles. The topological polar surface area (TPSA) is 52.5 Å². The van der Waals surface area contributed by atoms with Crippen molar-refractivity contribution in [1.29, 1.82) is 0 Å². The second-order valence-electron chi connectivity index (χ2n) is 5.71. The Kier molecular flexibility index (Phi) is 5.95. The molecule has 1 fully saturated rings. The zero-order chi connectivity index (χ0) is 14.4.